The Kier molecular flexibility index (Phi) is 7.75. The number of carbonyl (C=O) groups excluding carboxylic acids is 2. The van der Waals surface area contributed by atoms with E-state index >= 15 is 0 Å². The van der Waals surface area contributed by atoms with E-state index in [0.717, 1.165) is 35.9 Å². The zero-order chi connectivity index (χ0) is 21.7. The lowest BCUT2D eigenvalue weighted by Gasteiger charge is -2.26. The molecule has 1 aromatic heterocycles. The first-order valence-corrected chi connectivity index (χ1v) is 11.0. The van der Waals surface area contributed by atoms with Crippen LogP contribution in [0.4, 0.5) is 0 Å². The van der Waals surface area contributed by atoms with E-state index in [1.54, 1.807) is 11.3 Å². The van der Waals surface area contributed by atoms with Gasteiger partial charge in [-0.3, -0.25) is 4.79 Å². The minimum absolute atomic E-state index is 0.0624. The lowest BCUT2D eigenvalue weighted by atomic mass is 9.80. The van der Waals surface area contributed by atoms with Gasteiger partial charge in [0, 0.05) is 6.42 Å². The van der Waals surface area contributed by atoms with E-state index in [1.165, 1.54) is 4.88 Å². The lowest BCUT2D eigenvalue weighted by molar-refractivity contribution is -0.155. The molecule has 2 rings (SSSR count). The summed E-state index contributed by atoms with van der Waals surface area (Å²) < 4.78 is 5.57. The van der Waals surface area contributed by atoms with Crippen molar-refractivity contribution >= 4 is 23.6 Å². The molecule has 0 N–H and O–H groups in total. The molecule has 0 saturated heterocycles. The normalized spacial score (nSPS) is 13.2. The van der Waals surface area contributed by atoms with Gasteiger partial charge in [-0.1, -0.05) is 38.1 Å². The Hall–Kier alpha value is -2.01. The van der Waals surface area contributed by atoms with Crippen LogP contribution in [0.1, 0.15) is 77.5 Å². The molecule has 158 valence electrons. The Morgan fingerprint density at radius 2 is 1.83 bits per heavy atom. The minimum atomic E-state index is -0.494. The number of rotatable bonds is 9. The van der Waals surface area contributed by atoms with Crippen molar-refractivity contribution in [2.24, 2.45) is 5.41 Å². The van der Waals surface area contributed by atoms with Crippen LogP contribution in [0.3, 0.4) is 0 Å². The van der Waals surface area contributed by atoms with Crippen molar-refractivity contribution in [2.75, 3.05) is 0 Å². The molecule has 0 bridgehead atoms. The number of nitrogens with zero attached hydrogens (tertiary/aromatic N) is 1. The van der Waals surface area contributed by atoms with Crippen molar-refractivity contribution in [1.29, 1.82) is 0 Å². The Morgan fingerprint density at radius 3 is 2.34 bits per heavy atom. The third-order valence-electron chi connectivity index (χ3n) is 5.03. The van der Waals surface area contributed by atoms with E-state index in [-0.39, 0.29) is 17.3 Å². The highest BCUT2D eigenvalue weighted by Gasteiger charge is 2.25. The van der Waals surface area contributed by atoms with Crippen LogP contribution in [-0.2, 0) is 14.3 Å². The molecule has 4 nitrogen and oxygen atoms in total. The van der Waals surface area contributed by atoms with Crippen LogP contribution < -0.4 is 0 Å². The molecule has 0 radical (unpaired) electrons. The van der Waals surface area contributed by atoms with Gasteiger partial charge in [0.25, 0.3) is 0 Å². The highest BCUT2D eigenvalue weighted by Crippen LogP contribution is 2.35. The van der Waals surface area contributed by atoms with Gasteiger partial charge in [-0.15, -0.1) is 11.3 Å². The van der Waals surface area contributed by atoms with Crippen LogP contribution in [-0.4, -0.2) is 22.8 Å². The monoisotopic (exact) mass is 415 g/mol. The van der Waals surface area contributed by atoms with Crippen molar-refractivity contribution in [1.82, 2.24) is 4.98 Å². The summed E-state index contributed by atoms with van der Waals surface area (Å²) in [4.78, 5) is 29.0. The van der Waals surface area contributed by atoms with E-state index in [4.69, 9.17) is 4.74 Å². The molecule has 1 unspecified atom stereocenters. The molecule has 5 heteroatoms. The first kappa shape index (κ1) is 23.3. The number of ether oxygens (including phenoxy) is 1. The number of esters is 1. The summed E-state index contributed by atoms with van der Waals surface area (Å²) in [5.74, 6) is -0.120. The van der Waals surface area contributed by atoms with Gasteiger partial charge < -0.3 is 9.53 Å². The highest BCUT2D eigenvalue weighted by molar-refractivity contribution is 7.13. The van der Waals surface area contributed by atoms with Crippen LogP contribution in [0.2, 0.25) is 0 Å². The molecule has 1 aromatic carbocycles. The zero-order valence-corrected chi connectivity index (χ0v) is 19.3. The number of aldehydes is 1. The second-order valence-electron chi connectivity index (χ2n) is 9.45. The summed E-state index contributed by atoms with van der Waals surface area (Å²) >= 11 is 1.63. The SMILES string of the molecule is Cc1ncsc1-c1ccc(C(CCC(C)(C)CC=O)CC(=O)OC(C)(C)C)cc1. The zero-order valence-electron chi connectivity index (χ0n) is 18.5. The minimum Gasteiger partial charge on any atom is -0.460 e. The summed E-state index contributed by atoms with van der Waals surface area (Å²) in [5.41, 5.74) is 4.59. The number of aryl methyl sites for hydroxylation is 1. The van der Waals surface area contributed by atoms with Gasteiger partial charge in [0.2, 0.25) is 0 Å². The predicted octanol–water partition coefficient (Wildman–Crippen LogP) is 6.33. The smallest absolute Gasteiger partial charge is 0.306 e. The van der Waals surface area contributed by atoms with E-state index in [9.17, 15) is 9.59 Å². The Labute approximate surface area is 178 Å². The number of benzene rings is 1. The molecule has 0 aliphatic heterocycles. The molecule has 0 aliphatic rings. The quantitative estimate of drug-likeness (QED) is 0.355. The number of hydrogen-bond acceptors (Lipinski definition) is 5. The molecule has 29 heavy (non-hydrogen) atoms. The molecule has 1 atom stereocenters. The van der Waals surface area contributed by atoms with Crippen molar-refractivity contribution < 1.29 is 14.3 Å². The van der Waals surface area contributed by atoms with Crippen LogP contribution >= 0.6 is 11.3 Å². The number of thiazole rings is 1. The van der Waals surface area contributed by atoms with Crippen LogP contribution in [0.15, 0.2) is 29.8 Å². The average molecular weight is 416 g/mol. The average Bonchev–Trinajstić information content (AvgIpc) is 3.03. The summed E-state index contributed by atoms with van der Waals surface area (Å²) in [5, 5.41) is 0. The fraction of sp³-hybridized carbons (Fsp3) is 0.542. The molecule has 0 saturated carbocycles. The van der Waals surface area contributed by atoms with Gasteiger partial charge in [0.1, 0.15) is 11.9 Å². The first-order chi connectivity index (χ1) is 13.5. The van der Waals surface area contributed by atoms with Gasteiger partial charge >= 0.3 is 5.97 Å². The molecular weight excluding hydrogens is 382 g/mol. The van der Waals surface area contributed by atoms with E-state index in [2.05, 4.69) is 43.1 Å². The Morgan fingerprint density at radius 1 is 1.17 bits per heavy atom. The number of carbonyl (C=O) groups is 2. The van der Waals surface area contributed by atoms with E-state index in [0.29, 0.717) is 12.8 Å². The topological polar surface area (TPSA) is 56.3 Å². The van der Waals surface area contributed by atoms with Gasteiger partial charge in [0.05, 0.1) is 22.5 Å². The molecule has 2 aromatic rings. The summed E-state index contributed by atoms with van der Waals surface area (Å²) in [7, 11) is 0. The standard InChI is InChI=1S/C24H33NO3S/c1-17-22(29-16-25-17)19-9-7-18(8-10-19)20(11-12-24(5,6)13-14-26)15-21(27)28-23(2,3)4/h7-10,14,16,20H,11-13,15H2,1-6H3. The van der Waals surface area contributed by atoms with Crippen LogP contribution in [0, 0.1) is 12.3 Å². The molecule has 0 spiro atoms. The fourth-order valence-electron chi connectivity index (χ4n) is 3.35. The summed E-state index contributed by atoms with van der Waals surface area (Å²) in [6.07, 6.45) is 3.55. The van der Waals surface area contributed by atoms with Crippen LogP contribution in [0.25, 0.3) is 10.4 Å². The maximum absolute atomic E-state index is 12.5. The maximum atomic E-state index is 12.5. The van der Waals surface area contributed by atoms with Crippen molar-refractivity contribution in [2.45, 2.75) is 78.7 Å². The maximum Gasteiger partial charge on any atom is 0.306 e. The number of hydrogen-bond donors (Lipinski definition) is 0. The summed E-state index contributed by atoms with van der Waals surface area (Å²) in [6, 6.07) is 8.43. The first-order valence-electron chi connectivity index (χ1n) is 10.2. The second-order valence-corrected chi connectivity index (χ2v) is 10.3. The number of aromatic nitrogens is 1. The second kappa shape index (κ2) is 9.66. The van der Waals surface area contributed by atoms with Gasteiger partial charge in [-0.25, -0.2) is 4.98 Å². The van der Waals surface area contributed by atoms with Gasteiger partial charge in [0.15, 0.2) is 0 Å². The third kappa shape index (κ3) is 7.39. The molecule has 1 heterocycles. The van der Waals surface area contributed by atoms with Crippen molar-refractivity contribution in [3.05, 3.63) is 41.0 Å². The van der Waals surface area contributed by atoms with E-state index < -0.39 is 5.60 Å². The fourth-order valence-corrected chi connectivity index (χ4v) is 4.16. The molecule has 0 amide bonds. The molecular formula is C24H33NO3S. The van der Waals surface area contributed by atoms with Crippen molar-refractivity contribution in [3.8, 4) is 10.4 Å². The predicted molar refractivity (Wildman–Crippen MR) is 119 cm³/mol. The Bertz CT molecular complexity index is 815. The highest BCUT2D eigenvalue weighted by atomic mass is 32.1. The molecule has 0 aliphatic carbocycles. The Balaban J connectivity index is 2.20. The third-order valence-corrected chi connectivity index (χ3v) is 6.01. The largest absolute Gasteiger partial charge is 0.460 e. The van der Waals surface area contributed by atoms with Gasteiger partial charge in [-0.05, 0) is 63.0 Å². The van der Waals surface area contributed by atoms with E-state index in [1.807, 2.05) is 33.2 Å². The molecule has 0 fully saturated rings. The summed E-state index contributed by atoms with van der Waals surface area (Å²) in [6.45, 7) is 11.9. The van der Waals surface area contributed by atoms with Crippen LogP contribution in [0.5, 0.6) is 0 Å². The lowest BCUT2D eigenvalue weighted by Crippen LogP contribution is -2.25. The van der Waals surface area contributed by atoms with Gasteiger partial charge in [-0.2, -0.15) is 0 Å². The van der Waals surface area contributed by atoms with Crippen molar-refractivity contribution in [3.63, 3.8) is 0 Å².